The summed E-state index contributed by atoms with van der Waals surface area (Å²) in [5, 5.41) is 14.9. The Labute approximate surface area is 295 Å². The molecule has 2 N–H and O–H groups in total. The monoisotopic (exact) mass is 696 g/mol. The Morgan fingerprint density at radius 1 is 1.08 bits per heavy atom. The number of nitrogens with zero attached hydrogens (tertiary/aromatic N) is 5. The number of nitrogens with one attached hydrogen (secondary N) is 1. The van der Waals surface area contributed by atoms with E-state index in [0.717, 1.165) is 64.5 Å². The maximum atomic E-state index is 17.0. The van der Waals surface area contributed by atoms with E-state index in [0.29, 0.717) is 62.0 Å². The summed E-state index contributed by atoms with van der Waals surface area (Å²) in [6, 6.07) is 6.07. The summed E-state index contributed by atoms with van der Waals surface area (Å²) in [5.74, 6) is 1.52. The van der Waals surface area contributed by atoms with Crippen molar-refractivity contribution >= 4 is 33.4 Å². The van der Waals surface area contributed by atoms with Gasteiger partial charge in [-0.2, -0.15) is 9.97 Å². The number of amides is 1. The normalized spacial score (nSPS) is 24.3. The number of hydrogen-bond donors (Lipinski definition) is 2. The van der Waals surface area contributed by atoms with Gasteiger partial charge in [0.15, 0.2) is 5.82 Å². The first-order valence-corrected chi connectivity index (χ1v) is 18.1. The van der Waals surface area contributed by atoms with Gasteiger partial charge < -0.3 is 24.8 Å². The summed E-state index contributed by atoms with van der Waals surface area (Å²) < 4.78 is 44.1. The van der Waals surface area contributed by atoms with Crippen molar-refractivity contribution in [3.63, 3.8) is 0 Å². The van der Waals surface area contributed by atoms with E-state index in [1.54, 1.807) is 0 Å². The first-order valence-electron chi connectivity index (χ1n) is 18.1. The average Bonchev–Trinajstić information content (AvgIpc) is 3.38. The minimum atomic E-state index is -0.749. The van der Waals surface area contributed by atoms with Crippen LogP contribution in [-0.4, -0.2) is 88.9 Å². The zero-order valence-corrected chi connectivity index (χ0v) is 28.6. The number of carbonyl (C=O) groups is 1. The fraction of sp³-hybridized carbons (Fsp3) is 0.487. The maximum absolute atomic E-state index is 17.0. The summed E-state index contributed by atoms with van der Waals surface area (Å²) in [7, 11) is 0. The molecule has 0 radical (unpaired) electrons. The van der Waals surface area contributed by atoms with Crippen molar-refractivity contribution in [3.05, 3.63) is 47.7 Å². The number of likely N-dealkylation sites (tertiary alicyclic amines) is 1. The Morgan fingerprint density at radius 3 is 2.82 bits per heavy atom. The van der Waals surface area contributed by atoms with E-state index < -0.39 is 11.6 Å². The molecule has 1 saturated carbocycles. The molecule has 2 aromatic heterocycles. The number of anilines is 1. The molecule has 5 heterocycles. The molecule has 8 rings (SSSR count). The maximum Gasteiger partial charge on any atom is 0.319 e. The number of benzene rings is 2. The predicted octanol–water partition coefficient (Wildman–Crippen LogP) is 5.72. The number of halogens is 2. The predicted molar refractivity (Wildman–Crippen MR) is 190 cm³/mol. The summed E-state index contributed by atoms with van der Waals surface area (Å²) in [6.07, 6.45) is 15.7. The second-order valence-electron chi connectivity index (χ2n) is 14.4. The van der Waals surface area contributed by atoms with Gasteiger partial charge in [0.05, 0.1) is 24.2 Å². The van der Waals surface area contributed by atoms with E-state index in [1.165, 1.54) is 30.5 Å². The molecule has 0 spiro atoms. The first kappa shape index (κ1) is 33.5. The number of phenols is 1. The number of pyridine rings is 1. The second kappa shape index (κ2) is 13.8. The van der Waals surface area contributed by atoms with E-state index in [2.05, 4.69) is 31.0 Å². The lowest BCUT2D eigenvalue weighted by Crippen LogP contribution is -2.56. The Hall–Kier alpha value is -4.60. The van der Waals surface area contributed by atoms with Crippen molar-refractivity contribution in [1.29, 1.82) is 0 Å². The number of carbonyl (C=O) groups excluding carboxylic acids is 1. The number of fused-ring (bicyclic) bond motifs is 3. The molecule has 4 aliphatic rings. The fourth-order valence-corrected chi connectivity index (χ4v) is 8.97. The Bertz CT molecular complexity index is 2030. The topological polar surface area (TPSA) is 113 Å². The van der Waals surface area contributed by atoms with E-state index >= 15 is 4.39 Å². The van der Waals surface area contributed by atoms with Crippen molar-refractivity contribution in [3.8, 4) is 35.4 Å². The third-order valence-corrected chi connectivity index (χ3v) is 11.3. The number of rotatable bonds is 7. The largest absolute Gasteiger partial charge is 0.508 e. The molecule has 0 bridgehead atoms. The molecule has 3 atom stereocenters. The van der Waals surface area contributed by atoms with Gasteiger partial charge in [-0.1, -0.05) is 18.4 Å². The van der Waals surface area contributed by atoms with Crippen molar-refractivity contribution < 1.29 is 28.2 Å². The van der Waals surface area contributed by atoms with Crippen LogP contribution in [0.15, 0.2) is 30.5 Å². The third-order valence-electron chi connectivity index (χ3n) is 11.3. The summed E-state index contributed by atoms with van der Waals surface area (Å²) in [6.45, 7) is 4.52. The minimum Gasteiger partial charge on any atom is -0.508 e. The molecule has 4 fully saturated rings. The molecule has 1 aliphatic carbocycles. The summed E-state index contributed by atoms with van der Waals surface area (Å²) >= 11 is 0. The molecule has 1 amide bonds. The molecule has 3 aliphatic heterocycles. The second-order valence-corrected chi connectivity index (χ2v) is 14.4. The van der Waals surface area contributed by atoms with Crippen LogP contribution in [0.25, 0.3) is 32.9 Å². The minimum absolute atomic E-state index is 0.0131. The molecule has 2 aromatic carbocycles. The molecule has 266 valence electrons. The number of hydrogen-bond acceptors (Lipinski definition) is 9. The lowest BCUT2D eigenvalue weighted by atomic mass is 9.75. The van der Waals surface area contributed by atoms with Crippen LogP contribution in [0.5, 0.6) is 11.8 Å². The number of piperidine rings is 2. The molecule has 3 saturated heterocycles. The smallest absolute Gasteiger partial charge is 0.319 e. The van der Waals surface area contributed by atoms with Crippen LogP contribution in [0, 0.1) is 29.4 Å². The van der Waals surface area contributed by atoms with E-state index in [-0.39, 0.29) is 56.8 Å². The molecule has 4 aromatic rings. The Kier molecular flexibility index (Phi) is 9.11. The highest BCUT2D eigenvalue weighted by Gasteiger charge is 2.49. The van der Waals surface area contributed by atoms with Gasteiger partial charge in [0.1, 0.15) is 28.6 Å². The molecule has 10 nitrogen and oxygen atoms in total. The van der Waals surface area contributed by atoms with Crippen LogP contribution in [0.4, 0.5) is 14.6 Å². The fourth-order valence-electron chi connectivity index (χ4n) is 8.97. The molecular weight excluding hydrogens is 654 g/mol. The molecular formula is C39H42F2N6O4. The van der Waals surface area contributed by atoms with Gasteiger partial charge in [-0.05, 0) is 75.1 Å². The quantitative estimate of drug-likeness (QED) is 0.235. The number of phenolic OH excluding ortho intramolecular Hbond substituents is 1. The summed E-state index contributed by atoms with van der Waals surface area (Å²) in [4.78, 5) is 30.8. The van der Waals surface area contributed by atoms with Crippen LogP contribution in [-0.2, 0) is 9.53 Å². The number of aromatic nitrogens is 3. The van der Waals surface area contributed by atoms with Gasteiger partial charge in [-0.15, -0.1) is 6.42 Å². The van der Waals surface area contributed by atoms with Gasteiger partial charge in [-0.25, -0.2) is 8.78 Å². The number of aromatic hydroxyl groups is 1. The zero-order chi connectivity index (χ0) is 35.1. The van der Waals surface area contributed by atoms with Gasteiger partial charge >= 0.3 is 6.01 Å². The van der Waals surface area contributed by atoms with E-state index in [1.807, 2.05) is 0 Å². The van der Waals surface area contributed by atoms with Crippen molar-refractivity contribution in [2.45, 2.75) is 69.9 Å². The summed E-state index contributed by atoms with van der Waals surface area (Å²) in [5.41, 5.74) is -0.0961. The van der Waals surface area contributed by atoms with Crippen molar-refractivity contribution in [1.82, 2.24) is 25.2 Å². The SMILES string of the molecule is C#Cc1c(F)ccc2cc(O)cc(-c3ncc4c(N5CCCOCC5)nc(OCC56CCCC5N(CC5CCCC(=O)N5)CCC6)nc4c3F)c12. The van der Waals surface area contributed by atoms with Crippen molar-refractivity contribution in [2.24, 2.45) is 5.41 Å². The number of ether oxygens (including phenoxy) is 2. The highest BCUT2D eigenvalue weighted by molar-refractivity contribution is 6.03. The Morgan fingerprint density at radius 2 is 1.96 bits per heavy atom. The lowest BCUT2D eigenvalue weighted by Gasteiger charge is -2.47. The van der Waals surface area contributed by atoms with Crippen molar-refractivity contribution in [2.75, 3.05) is 50.9 Å². The highest BCUT2D eigenvalue weighted by atomic mass is 19.1. The van der Waals surface area contributed by atoms with Gasteiger partial charge in [0.25, 0.3) is 0 Å². The zero-order valence-electron chi connectivity index (χ0n) is 28.6. The first-order chi connectivity index (χ1) is 24.8. The average molecular weight is 697 g/mol. The highest BCUT2D eigenvalue weighted by Crippen LogP contribution is 2.48. The van der Waals surface area contributed by atoms with Gasteiger partial charge in [-0.3, -0.25) is 14.7 Å². The van der Waals surface area contributed by atoms with Gasteiger partial charge in [0, 0.05) is 67.3 Å². The van der Waals surface area contributed by atoms with Crippen LogP contribution < -0.4 is 15.0 Å². The molecule has 3 unspecified atom stereocenters. The number of terminal acetylenes is 1. The van der Waals surface area contributed by atoms with Gasteiger partial charge in [0.2, 0.25) is 5.91 Å². The molecule has 12 heteroatoms. The Balaban J connectivity index is 1.18. The van der Waals surface area contributed by atoms with Crippen LogP contribution >= 0.6 is 0 Å². The van der Waals surface area contributed by atoms with Crippen LogP contribution in [0.1, 0.15) is 63.4 Å². The van der Waals surface area contributed by atoms with Crippen LogP contribution in [0.3, 0.4) is 0 Å². The van der Waals surface area contributed by atoms with E-state index in [9.17, 15) is 14.3 Å². The molecule has 51 heavy (non-hydrogen) atoms. The third kappa shape index (κ3) is 6.31. The van der Waals surface area contributed by atoms with Crippen LogP contribution in [0.2, 0.25) is 0 Å². The standard InChI is InChI=1S/C39H42F2N6O4/c1-2-27-30(40)11-10-24-19-26(48)20-28(33(24)27)35-34(41)36-29(21-42-35)37(46-15-6-17-50-18-16-46)45-38(44-36)51-23-39-12-4-8-31(39)47(14-5-13-39)22-25-7-3-9-32(49)43-25/h1,10-11,19-21,25,31,48H,3-9,12-18,22-23H2,(H,43,49). The van der Waals surface area contributed by atoms with E-state index in [4.69, 9.17) is 20.9 Å². The lowest BCUT2D eigenvalue weighted by molar-refractivity contribution is -0.123.